The molecule has 2 aromatic rings. The van der Waals surface area contributed by atoms with E-state index in [-0.39, 0.29) is 23.9 Å². The van der Waals surface area contributed by atoms with E-state index in [4.69, 9.17) is 4.74 Å². The fourth-order valence-corrected chi connectivity index (χ4v) is 3.35. The highest BCUT2D eigenvalue weighted by Crippen LogP contribution is 2.33. The van der Waals surface area contributed by atoms with Crippen molar-refractivity contribution in [3.63, 3.8) is 0 Å². The van der Waals surface area contributed by atoms with Crippen molar-refractivity contribution in [1.82, 2.24) is 10.2 Å². The molecule has 0 bridgehead atoms. The normalized spacial score (nSPS) is 16.5. The Morgan fingerprint density at radius 1 is 1.20 bits per heavy atom. The van der Waals surface area contributed by atoms with Gasteiger partial charge in [-0.2, -0.15) is 0 Å². The van der Waals surface area contributed by atoms with Gasteiger partial charge >= 0.3 is 12.0 Å². The number of nitrogens with one attached hydrogen (secondary N) is 1. The Labute approximate surface area is 174 Å². The Hall–Kier alpha value is -3.68. The molecule has 8 nitrogen and oxygen atoms in total. The molecule has 0 aromatic heterocycles. The highest BCUT2D eigenvalue weighted by molar-refractivity contribution is 5.95. The fourth-order valence-electron chi connectivity index (χ4n) is 3.35. The van der Waals surface area contributed by atoms with Gasteiger partial charge in [-0.3, -0.25) is 15.0 Å². The molecule has 156 valence electrons. The first kappa shape index (κ1) is 21.0. The number of hydrogen-bond acceptors (Lipinski definition) is 5. The standard InChI is InChI=1S/C22H23N3O5/c1-14(2)30-21(26)19-15(3)24(13-16-8-5-4-6-9-16)22(27)23-20(19)17-10-7-11-18(12-17)25(28)29/h4-12,14,20H,13H2,1-3H3,(H,23,27)/t20-/m0/s1. The Morgan fingerprint density at radius 3 is 2.53 bits per heavy atom. The molecular weight excluding hydrogens is 386 g/mol. The number of benzene rings is 2. The van der Waals surface area contributed by atoms with Crippen molar-refractivity contribution in [2.24, 2.45) is 0 Å². The molecule has 0 saturated heterocycles. The SMILES string of the molecule is CC1=C(C(=O)OC(C)C)[C@H](c2cccc([N+](=O)[O-])c2)NC(=O)N1Cc1ccccc1. The summed E-state index contributed by atoms with van der Waals surface area (Å²) in [4.78, 5) is 38.0. The monoisotopic (exact) mass is 409 g/mol. The predicted molar refractivity (Wildman–Crippen MR) is 110 cm³/mol. The summed E-state index contributed by atoms with van der Waals surface area (Å²) in [5.74, 6) is -0.572. The van der Waals surface area contributed by atoms with Crippen LogP contribution in [0.25, 0.3) is 0 Å². The van der Waals surface area contributed by atoms with Crippen molar-refractivity contribution in [3.05, 3.63) is 87.1 Å². The molecule has 3 rings (SSSR count). The van der Waals surface area contributed by atoms with E-state index in [1.165, 1.54) is 23.1 Å². The third-order valence-electron chi connectivity index (χ3n) is 4.76. The van der Waals surface area contributed by atoms with Crippen LogP contribution in [-0.2, 0) is 16.1 Å². The van der Waals surface area contributed by atoms with E-state index in [0.717, 1.165) is 5.56 Å². The molecule has 0 spiro atoms. The van der Waals surface area contributed by atoms with Crippen LogP contribution < -0.4 is 5.32 Å². The number of carbonyl (C=O) groups is 2. The van der Waals surface area contributed by atoms with E-state index < -0.39 is 23.0 Å². The number of nitro benzene ring substituents is 1. The second-order valence-electron chi connectivity index (χ2n) is 7.26. The summed E-state index contributed by atoms with van der Waals surface area (Å²) in [6.45, 7) is 5.43. The lowest BCUT2D eigenvalue weighted by molar-refractivity contribution is -0.384. The summed E-state index contributed by atoms with van der Waals surface area (Å²) in [5.41, 5.74) is 1.91. The van der Waals surface area contributed by atoms with Gasteiger partial charge in [0.25, 0.3) is 5.69 Å². The van der Waals surface area contributed by atoms with Crippen LogP contribution in [0.15, 0.2) is 65.9 Å². The number of ether oxygens (including phenoxy) is 1. The number of amides is 2. The molecule has 1 atom stereocenters. The van der Waals surface area contributed by atoms with Crippen LogP contribution in [-0.4, -0.2) is 27.9 Å². The van der Waals surface area contributed by atoms with Gasteiger partial charge in [0.05, 0.1) is 29.2 Å². The Bertz CT molecular complexity index is 1000. The molecular formula is C22H23N3O5. The van der Waals surface area contributed by atoms with E-state index in [0.29, 0.717) is 11.3 Å². The molecule has 2 aromatic carbocycles. The molecule has 0 unspecified atom stereocenters. The number of non-ortho nitro benzene ring substituents is 1. The summed E-state index contributed by atoms with van der Waals surface area (Å²) in [6, 6.07) is 14.0. The molecule has 0 aliphatic carbocycles. The molecule has 2 amide bonds. The van der Waals surface area contributed by atoms with Gasteiger partial charge in [-0.15, -0.1) is 0 Å². The Balaban J connectivity index is 2.06. The zero-order valence-electron chi connectivity index (χ0n) is 17.0. The molecule has 1 aliphatic rings. The van der Waals surface area contributed by atoms with Gasteiger partial charge in [0.2, 0.25) is 0 Å². The van der Waals surface area contributed by atoms with Crippen molar-refractivity contribution < 1.29 is 19.2 Å². The van der Waals surface area contributed by atoms with Gasteiger partial charge in [0, 0.05) is 17.8 Å². The molecule has 1 aliphatic heterocycles. The largest absolute Gasteiger partial charge is 0.459 e. The maximum Gasteiger partial charge on any atom is 0.338 e. The van der Waals surface area contributed by atoms with Crippen molar-refractivity contribution >= 4 is 17.7 Å². The predicted octanol–water partition coefficient (Wildman–Crippen LogP) is 4.09. The van der Waals surface area contributed by atoms with Gasteiger partial charge in [0.15, 0.2) is 0 Å². The van der Waals surface area contributed by atoms with E-state index in [2.05, 4.69) is 5.32 Å². The Kier molecular flexibility index (Phi) is 6.15. The zero-order valence-corrected chi connectivity index (χ0v) is 17.0. The maximum absolute atomic E-state index is 12.9. The first-order valence-electron chi connectivity index (χ1n) is 9.56. The summed E-state index contributed by atoms with van der Waals surface area (Å²) in [5, 5.41) is 14.0. The number of hydrogen-bond donors (Lipinski definition) is 1. The van der Waals surface area contributed by atoms with Gasteiger partial charge in [-0.05, 0) is 31.9 Å². The van der Waals surface area contributed by atoms with Crippen LogP contribution in [0.4, 0.5) is 10.5 Å². The van der Waals surface area contributed by atoms with Crippen molar-refractivity contribution in [2.45, 2.75) is 39.5 Å². The van der Waals surface area contributed by atoms with Crippen LogP contribution in [0.2, 0.25) is 0 Å². The summed E-state index contributed by atoms with van der Waals surface area (Å²) < 4.78 is 5.41. The number of nitro groups is 1. The minimum absolute atomic E-state index is 0.123. The lowest BCUT2D eigenvalue weighted by Crippen LogP contribution is -2.47. The quantitative estimate of drug-likeness (QED) is 0.440. The van der Waals surface area contributed by atoms with Crippen LogP contribution >= 0.6 is 0 Å². The second kappa shape index (κ2) is 8.77. The number of urea groups is 1. The van der Waals surface area contributed by atoms with Gasteiger partial charge in [-0.1, -0.05) is 42.5 Å². The summed E-state index contributed by atoms with van der Waals surface area (Å²) in [7, 11) is 0. The van der Waals surface area contributed by atoms with Crippen LogP contribution in [0.1, 0.15) is 37.9 Å². The highest BCUT2D eigenvalue weighted by atomic mass is 16.6. The van der Waals surface area contributed by atoms with Gasteiger partial charge in [-0.25, -0.2) is 9.59 Å². The lowest BCUT2D eigenvalue weighted by atomic mass is 9.94. The number of allylic oxidation sites excluding steroid dienone is 1. The molecule has 8 heteroatoms. The molecule has 1 heterocycles. The highest BCUT2D eigenvalue weighted by Gasteiger charge is 2.37. The topological polar surface area (TPSA) is 102 Å². The van der Waals surface area contributed by atoms with Crippen molar-refractivity contribution in [1.29, 1.82) is 0 Å². The smallest absolute Gasteiger partial charge is 0.338 e. The zero-order chi connectivity index (χ0) is 21.8. The van der Waals surface area contributed by atoms with Gasteiger partial charge in [0.1, 0.15) is 0 Å². The molecule has 0 saturated carbocycles. The fraction of sp³-hybridized carbons (Fsp3) is 0.273. The maximum atomic E-state index is 12.9. The number of rotatable bonds is 6. The van der Waals surface area contributed by atoms with E-state index in [1.807, 2.05) is 30.3 Å². The minimum Gasteiger partial charge on any atom is -0.459 e. The first-order chi connectivity index (χ1) is 14.3. The number of nitrogens with zero attached hydrogens (tertiary/aromatic N) is 2. The first-order valence-corrected chi connectivity index (χ1v) is 9.56. The molecule has 1 N–H and O–H groups in total. The molecule has 30 heavy (non-hydrogen) atoms. The van der Waals surface area contributed by atoms with Crippen LogP contribution in [0.3, 0.4) is 0 Å². The second-order valence-corrected chi connectivity index (χ2v) is 7.26. The van der Waals surface area contributed by atoms with Crippen molar-refractivity contribution in [2.75, 3.05) is 0 Å². The summed E-state index contributed by atoms with van der Waals surface area (Å²) in [6.07, 6.45) is -0.358. The van der Waals surface area contributed by atoms with Crippen molar-refractivity contribution in [3.8, 4) is 0 Å². The van der Waals surface area contributed by atoms with Crippen LogP contribution in [0, 0.1) is 10.1 Å². The average Bonchev–Trinajstić information content (AvgIpc) is 2.71. The average molecular weight is 409 g/mol. The third-order valence-corrected chi connectivity index (χ3v) is 4.76. The number of carbonyl (C=O) groups excluding carboxylic acids is 2. The van der Waals surface area contributed by atoms with Crippen LogP contribution in [0.5, 0.6) is 0 Å². The lowest BCUT2D eigenvalue weighted by Gasteiger charge is -2.35. The molecule has 0 radical (unpaired) electrons. The summed E-state index contributed by atoms with van der Waals surface area (Å²) >= 11 is 0. The van der Waals surface area contributed by atoms with Gasteiger partial charge < -0.3 is 10.1 Å². The third kappa shape index (κ3) is 4.48. The number of esters is 1. The van der Waals surface area contributed by atoms with E-state index >= 15 is 0 Å². The minimum atomic E-state index is -0.851. The van der Waals surface area contributed by atoms with E-state index in [9.17, 15) is 19.7 Å². The molecule has 0 fully saturated rings. The van der Waals surface area contributed by atoms with E-state index in [1.54, 1.807) is 26.8 Å². The Morgan fingerprint density at radius 2 is 1.90 bits per heavy atom.